The van der Waals surface area contributed by atoms with Crippen LogP contribution in [0.15, 0.2) is 57.9 Å². The molecule has 0 fully saturated rings. The van der Waals surface area contributed by atoms with E-state index in [9.17, 15) is 14.4 Å². The maximum atomic E-state index is 12.6. The Morgan fingerprint density at radius 1 is 1.11 bits per heavy atom. The molecule has 0 radical (unpaired) electrons. The number of aliphatic carboxylic acids is 1. The molecule has 2 aromatic carbocycles. The minimum atomic E-state index is -1.16. The van der Waals surface area contributed by atoms with Crippen molar-refractivity contribution in [3.63, 3.8) is 0 Å². The predicted molar refractivity (Wildman–Crippen MR) is 100 cm³/mol. The fraction of sp³-hybridized carbons (Fsp3) is 0.105. The molecule has 0 bridgehead atoms. The van der Waals surface area contributed by atoms with E-state index in [1.807, 2.05) is 0 Å². The monoisotopic (exact) mass is 403 g/mol. The summed E-state index contributed by atoms with van der Waals surface area (Å²) in [6, 6.07) is 11.0. The molecule has 3 aromatic rings. The quantitative estimate of drug-likeness (QED) is 0.623. The van der Waals surface area contributed by atoms with E-state index in [4.69, 9.17) is 30.6 Å². The largest absolute Gasteiger partial charge is 0.484 e. The Morgan fingerprint density at radius 3 is 2.54 bits per heavy atom. The number of hydrogen-bond acceptors (Lipinski definition) is 6. The summed E-state index contributed by atoms with van der Waals surface area (Å²) >= 11 is 5.82. The number of fused-ring (bicyclic) bond motifs is 1. The number of carboxylic acid groups (broad SMARTS) is 1. The molecular weight excluding hydrogens is 390 g/mol. The Kier molecular flexibility index (Phi) is 5.81. The molecule has 1 aromatic heterocycles. The number of rotatable bonds is 7. The van der Waals surface area contributed by atoms with Gasteiger partial charge in [-0.05, 0) is 36.4 Å². The molecule has 0 spiro atoms. The second-order valence-corrected chi connectivity index (χ2v) is 6.04. The number of carboxylic acids is 1. The van der Waals surface area contributed by atoms with Gasteiger partial charge in [0.25, 0.3) is 5.91 Å². The molecule has 0 unspecified atom stereocenters. The van der Waals surface area contributed by atoms with Gasteiger partial charge in [-0.15, -0.1) is 0 Å². The molecule has 0 atom stereocenters. The van der Waals surface area contributed by atoms with Gasteiger partial charge >= 0.3 is 5.97 Å². The summed E-state index contributed by atoms with van der Waals surface area (Å²) in [6.07, 6.45) is 1.18. The molecule has 0 aliphatic rings. The van der Waals surface area contributed by atoms with Gasteiger partial charge in [0.15, 0.2) is 6.61 Å². The van der Waals surface area contributed by atoms with Crippen LogP contribution >= 0.6 is 11.6 Å². The van der Waals surface area contributed by atoms with Crippen LogP contribution in [-0.4, -0.2) is 30.1 Å². The van der Waals surface area contributed by atoms with E-state index >= 15 is 0 Å². The van der Waals surface area contributed by atoms with Crippen LogP contribution in [0.5, 0.6) is 17.2 Å². The van der Waals surface area contributed by atoms with E-state index in [-0.39, 0.29) is 34.5 Å². The number of benzene rings is 2. The third-order valence-corrected chi connectivity index (χ3v) is 3.81. The lowest BCUT2D eigenvalue weighted by molar-refractivity contribution is -0.138. The number of amides is 1. The molecule has 0 saturated heterocycles. The third kappa shape index (κ3) is 4.80. The van der Waals surface area contributed by atoms with Gasteiger partial charge in [-0.3, -0.25) is 14.4 Å². The van der Waals surface area contributed by atoms with Gasteiger partial charge in [0.2, 0.25) is 11.2 Å². The first-order chi connectivity index (χ1) is 13.4. The first kappa shape index (κ1) is 19.2. The summed E-state index contributed by atoms with van der Waals surface area (Å²) in [5.41, 5.74) is -0.126. The Hall–Kier alpha value is -3.52. The van der Waals surface area contributed by atoms with Gasteiger partial charge in [0.1, 0.15) is 29.9 Å². The average molecular weight is 404 g/mol. The van der Waals surface area contributed by atoms with Crippen LogP contribution in [0.4, 0.5) is 0 Å². The maximum absolute atomic E-state index is 12.6. The highest BCUT2D eigenvalue weighted by atomic mass is 35.5. The second-order valence-electron chi connectivity index (χ2n) is 5.60. The van der Waals surface area contributed by atoms with Gasteiger partial charge in [-0.1, -0.05) is 11.6 Å². The SMILES string of the molecule is O=C(O)CNC(=O)COc1ccc2c(=O)c(Oc3ccc(Cl)cc3)coc2c1. The fourth-order valence-corrected chi connectivity index (χ4v) is 2.38. The maximum Gasteiger partial charge on any atom is 0.322 e. The number of ether oxygens (including phenoxy) is 2. The van der Waals surface area contributed by atoms with Crippen molar-refractivity contribution in [2.45, 2.75) is 0 Å². The molecule has 9 heteroatoms. The van der Waals surface area contributed by atoms with E-state index in [0.29, 0.717) is 10.8 Å². The Labute approximate surface area is 163 Å². The van der Waals surface area contributed by atoms with Crippen molar-refractivity contribution < 1.29 is 28.6 Å². The summed E-state index contributed by atoms with van der Waals surface area (Å²) in [6.45, 7) is -0.869. The Morgan fingerprint density at radius 2 is 1.82 bits per heavy atom. The first-order valence-corrected chi connectivity index (χ1v) is 8.40. The number of carbonyl (C=O) groups is 2. The van der Waals surface area contributed by atoms with Gasteiger partial charge in [-0.25, -0.2) is 0 Å². The highest BCUT2D eigenvalue weighted by Crippen LogP contribution is 2.24. The van der Waals surface area contributed by atoms with E-state index in [1.165, 1.54) is 24.5 Å². The molecule has 3 rings (SSSR count). The van der Waals surface area contributed by atoms with Crippen molar-refractivity contribution in [1.82, 2.24) is 5.32 Å². The summed E-state index contributed by atoms with van der Waals surface area (Å²) < 4.78 is 16.2. The topological polar surface area (TPSA) is 115 Å². The normalized spacial score (nSPS) is 10.5. The highest BCUT2D eigenvalue weighted by molar-refractivity contribution is 6.30. The summed E-state index contributed by atoms with van der Waals surface area (Å²) in [5, 5.41) is 11.5. The minimum Gasteiger partial charge on any atom is -0.484 e. The van der Waals surface area contributed by atoms with Crippen LogP contribution in [0.25, 0.3) is 11.0 Å². The summed E-state index contributed by atoms with van der Waals surface area (Å²) in [4.78, 5) is 34.4. The van der Waals surface area contributed by atoms with Crippen LogP contribution in [0.3, 0.4) is 0 Å². The molecule has 0 aliphatic heterocycles. The second kappa shape index (κ2) is 8.45. The smallest absolute Gasteiger partial charge is 0.322 e. The summed E-state index contributed by atoms with van der Waals surface area (Å²) in [7, 11) is 0. The molecule has 28 heavy (non-hydrogen) atoms. The van der Waals surface area contributed by atoms with E-state index in [0.717, 1.165) is 0 Å². The third-order valence-electron chi connectivity index (χ3n) is 3.56. The van der Waals surface area contributed by atoms with Crippen LogP contribution in [0.2, 0.25) is 5.02 Å². The minimum absolute atomic E-state index is 0.0107. The molecule has 1 amide bonds. The molecular formula is C19H14ClNO7. The van der Waals surface area contributed by atoms with E-state index in [1.54, 1.807) is 24.3 Å². The lowest BCUT2D eigenvalue weighted by atomic mass is 10.2. The molecule has 2 N–H and O–H groups in total. The van der Waals surface area contributed by atoms with Gasteiger partial charge in [0, 0.05) is 11.1 Å². The van der Waals surface area contributed by atoms with Gasteiger partial charge in [-0.2, -0.15) is 0 Å². The van der Waals surface area contributed by atoms with E-state index in [2.05, 4.69) is 5.32 Å². The van der Waals surface area contributed by atoms with Crippen LogP contribution in [-0.2, 0) is 9.59 Å². The highest BCUT2D eigenvalue weighted by Gasteiger charge is 2.11. The zero-order valence-corrected chi connectivity index (χ0v) is 15.1. The van der Waals surface area contributed by atoms with Crippen LogP contribution in [0.1, 0.15) is 0 Å². The average Bonchev–Trinajstić information content (AvgIpc) is 2.68. The fourth-order valence-electron chi connectivity index (χ4n) is 2.25. The lowest BCUT2D eigenvalue weighted by Crippen LogP contribution is -2.33. The zero-order chi connectivity index (χ0) is 20.1. The zero-order valence-electron chi connectivity index (χ0n) is 14.3. The van der Waals surface area contributed by atoms with Crippen LogP contribution in [0, 0.1) is 0 Å². The van der Waals surface area contributed by atoms with Crippen molar-refractivity contribution in [1.29, 1.82) is 0 Å². The van der Waals surface area contributed by atoms with Gasteiger partial charge < -0.3 is 24.3 Å². The lowest BCUT2D eigenvalue weighted by Gasteiger charge is -2.08. The Bertz CT molecular complexity index is 1080. The number of nitrogens with one attached hydrogen (secondary N) is 1. The van der Waals surface area contributed by atoms with Crippen molar-refractivity contribution in [2.75, 3.05) is 13.2 Å². The van der Waals surface area contributed by atoms with Crippen molar-refractivity contribution in [3.8, 4) is 17.2 Å². The number of halogens is 1. The van der Waals surface area contributed by atoms with Crippen LogP contribution < -0.4 is 20.2 Å². The molecule has 144 valence electrons. The molecule has 8 nitrogen and oxygen atoms in total. The van der Waals surface area contributed by atoms with Crippen molar-refractivity contribution in [3.05, 3.63) is 64.0 Å². The first-order valence-electron chi connectivity index (χ1n) is 8.02. The number of hydrogen-bond donors (Lipinski definition) is 2. The van der Waals surface area contributed by atoms with Crippen molar-refractivity contribution in [2.24, 2.45) is 0 Å². The Balaban J connectivity index is 1.73. The number of carbonyl (C=O) groups excluding carboxylic acids is 1. The standard InChI is InChI=1S/C19H14ClNO7/c20-11-1-3-12(4-2-11)28-16-9-27-15-7-13(5-6-14(15)19(16)25)26-10-17(22)21-8-18(23)24/h1-7,9H,8,10H2,(H,21,22)(H,23,24). The molecule has 0 aliphatic carbocycles. The van der Waals surface area contributed by atoms with Crippen molar-refractivity contribution >= 4 is 34.4 Å². The molecule has 0 saturated carbocycles. The predicted octanol–water partition coefficient (Wildman–Crippen LogP) is 2.82. The molecule has 1 heterocycles. The van der Waals surface area contributed by atoms with Gasteiger partial charge in [0.05, 0.1) is 5.39 Å². The van der Waals surface area contributed by atoms with E-state index < -0.39 is 18.4 Å². The summed E-state index contributed by atoms with van der Waals surface area (Å²) in [5.74, 6) is -1.01.